The minimum Gasteiger partial charge on any atom is -0.458 e. The molecule has 0 N–H and O–H groups in total. The van der Waals surface area contributed by atoms with E-state index in [9.17, 15) is 4.79 Å². The Morgan fingerprint density at radius 2 is 2.08 bits per heavy atom. The Kier molecular flexibility index (Phi) is 3.84. The van der Waals surface area contributed by atoms with E-state index in [-0.39, 0.29) is 24.0 Å². The van der Waals surface area contributed by atoms with Gasteiger partial charge in [-0.15, -0.1) is 0 Å². The van der Waals surface area contributed by atoms with E-state index in [2.05, 4.69) is 22.1 Å². The number of hydrogen-bond donors (Lipinski definition) is 0. The van der Waals surface area contributed by atoms with E-state index < -0.39 is 0 Å². The normalized spacial score (nSPS) is 29.6. The smallest absolute Gasteiger partial charge is 0.338 e. The average molecular weight is 327 g/mol. The molecule has 0 aliphatic carbocycles. The van der Waals surface area contributed by atoms with Crippen molar-refractivity contribution in [3.8, 4) is 0 Å². The SMILES string of the molecule is Cc1noc(C2C(OC(=O)c3ccccc3)CC3CCC2N3C)n1. The number of carbonyl (C=O) groups excluding carboxylic acids is 1. The zero-order valence-corrected chi connectivity index (χ0v) is 13.9. The number of rotatable bonds is 3. The van der Waals surface area contributed by atoms with Crippen LogP contribution in [-0.2, 0) is 4.74 Å². The number of nitrogens with zero attached hydrogens (tertiary/aromatic N) is 3. The molecule has 0 spiro atoms. The molecular formula is C18H21N3O3. The number of aromatic nitrogens is 2. The lowest BCUT2D eigenvalue weighted by atomic mass is 9.87. The van der Waals surface area contributed by atoms with Crippen LogP contribution in [0.2, 0.25) is 0 Å². The molecular weight excluding hydrogens is 306 g/mol. The molecule has 126 valence electrons. The number of hydrogen-bond acceptors (Lipinski definition) is 6. The number of ether oxygens (including phenoxy) is 1. The van der Waals surface area contributed by atoms with Crippen LogP contribution < -0.4 is 0 Å². The lowest BCUT2D eigenvalue weighted by Gasteiger charge is -2.40. The zero-order chi connectivity index (χ0) is 16.7. The van der Waals surface area contributed by atoms with E-state index in [4.69, 9.17) is 9.26 Å². The summed E-state index contributed by atoms with van der Waals surface area (Å²) < 4.78 is 11.3. The van der Waals surface area contributed by atoms with Crippen molar-refractivity contribution in [2.24, 2.45) is 0 Å². The second-order valence-corrected chi connectivity index (χ2v) is 6.72. The summed E-state index contributed by atoms with van der Waals surface area (Å²) in [5.74, 6) is 0.838. The summed E-state index contributed by atoms with van der Waals surface area (Å²) in [5, 5.41) is 3.93. The molecule has 2 aliphatic rings. The third-order valence-corrected chi connectivity index (χ3v) is 5.31. The Bertz CT molecular complexity index is 730. The highest BCUT2D eigenvalue weighted by Gasteiger charge is 2.50. The number of benzene rings is 1. The van der Waals surface area contributed by atoms with E-state index in [0.717, 1.165) is 19.3 Å². The Morgan fingerprint density at radius 1 is 1.29 bits per heavy atom. The molecule has 24 heavy (non-hydrogen) atoms. The predicted molar refractivity (Wildman–Crippen MR) is 86.6 cm³/mol. The molecule has 4 unspecified atom stereocenters. The lowest BCUT2D eigenvalue weighted by molar-refractivity contribution is -0.0187. The fraction of sp³-hybridized carbons (Fsp3) is 0.500. The average Bonchev–Trinajstić information content (AvgIpc) is 3.10. The van der Waals surface area contributed by atoms with Crippen LogP contribution >= 0.6 is 0 Å². The van der Waals surface area contributed by atoms with Crippen LogP contribution in [0, 0.1) is 6.92 Å². The lowest BCUT2D eigenvalue weighted by Crippen LogP contribution is -2.49. The van der Waals surface area contributed by atoms with E-state index in [1.807, 2.05) is 25.1 Å². The molecule has 0 saturated carbocycles. The first-order chi connectivity index (χ1) is 11.6. The summed E-state index contributed by atoms with van der Waals surface area (Å²) in [7, 11) is 2.13. The molecule has 2 saturated heterocycles. The summed E-state index contributed by atoms with van der Waals surface area (Å²) in [4.78, 5) is 19.3. The standard InChI is InChI=1S/C18H21N3O3/c1-11-19-17(24-20-11)16-14-9-8-13(21(14)2)10-15(16)23-18(22)12-6-4-3-5-7-12/h3-7,13-16H,8-10H2,1-2H3. The number of aryl methyl sites for hydroxylation is 1. The highest BCUT2D eigenvalue weighted by Crippen LogP contribution is 2.44. The molecule has 2 aliphatic heterocycles. The van der Waals surface area contributed by atoms with Crippen LogP contribution in [0.5, 0.6) is 0 Å². The summed E-state index contributed by atoms with van der Waals surface area (Å²) in [6, 6.07) is 9.84. The van der Waals surface area contributed by atoms with Crippen molar-refractivity contribution >= 4 is 5.97 Å². The van der Waals surface area contributed by atoms with Crippen LogP contribution in [0.1, 0.15) is 47.3 Å². The number of esters is 1. The Balaban J connectivity index is 1.61. The van der Waals surface area contributed by atoms with E-state index >= 15 is 0 Å². The van der Waals surface area contributed by atoms with Gasteiger partial charge in [-0.25, -0.2) is 4.79 Å². The van der Waals surface area contributed by atoms with Crippen molar-refractivity contribution in [1.82, 2.24) is 15.0 Å². The van der Waals surface area contributed by atoms with Gasteiger partial charge in [-0.3, -0.25) is 4.90 Å². The van der Waals surface area contributed by atoms with Crippen molar-refractivity contribution in [3.05, 3.63) is 47.6 Å². The predicted octanol–water partition coefficient (Wildman–Crippen LogP) is 2.55. The van der Waals surface area contributed by atoms with Gasteiger partial charge >= 0.3 is 5.97 Å². The molecule has 1 aromatic carbocycles. The minimum atomic E-state index is -0.286. The van der Waals surface area contributed by atoms with Crippen LogP contribution in [0.25, 0.3) is 0 Å². The fourth-order valence-corrected chi connectivity index (χ4v) is 4.09. The molecule has 2 fully saturated rings. The third kappa shape index (κ3) is 2.60. The molecule has 4 atom stereocenters. The molecule has 4 rings (SSSR count). The van der Waals surface area contributed by atoms with Gasteiger partial charge in [-0.05, 0) is 38.9 Å². The highest BCUT2D eigenvalue weighted by atomic mass is 16.5. The molecule has 1 aromatic heterocycles. The first kappa shape index (κ1) is 15.3. The first-order valence-corrected chi connectivity index (χ1v) is 8.41. The highest BCUT2D eigenvalue weighted by molar-refractivity contribution is 5.89. The van der Waals surface area contributed by atoms with E-state index in [1.54, 1.807) is 12.1 Å². The van der Waals surface area contributed by atoms with Crippen molar-refractivity contribution in [2.75, 3.05) is 7.05 Å². The maximum absolute atomic E-state index is 12.5. The number of likely N-dealkylation sites (N-methyl/N-ethyl adjacent to an activating group) is 1. The first-order valence-electron chi connectivity index (χ1n) is 8.41. The molecule has 2 aromatic rings. The zero-order valence-electron chi connectivity index (χ0n) is 13.9. The van der Waals surface area contributed by atoms with Crippen molar-refractivity contribution < 1.29 is 14.1 Å². The van der Waals surface area contributed by atoms with Crippen LogP contribution in [0.3, 0.4) is 0 Å². The quantitative estimate of drug-likeness (QED) is 0.807. The maximum Gasteiger partial charge on any atom is 0.338 e. The Labute approximate surface area is 140 Å². The largest absolute Gasteiger partial charge is 0.458 e. The van der Waals surface area contributed by atoms with Gasteiger partial charge in [-0.2, -0.15) is 4.98 Å². The molecule has 2 bridgehead atoms. The summed E-state index contributed by atoms with van der Waals surface area (Å²) in [6.45, 7) is 1.81. The monoisotopic (exact) mass is 327 g/mol. The molecule has 6 heteroatoms. The maximum atomic E-state index is 12.5. The van der Waals surface area contributed by atoms with E-state index in [1.165, 1.54) is 0 Å². The topological polar surface area (TPSA) is 68.5 Å². The Morgan fingerprint density at radius 3 is 2.79 bits per heavy atom. The van der Waals surface area contributed by atoms with Crippen LogP contribution in [0.4, 0.5) is 0 Å². The second kappa shape index (κ2) is 6.02. The fourth-order valence-electron chi connectivity index (χ4n) is 4.09. The van der Waals surface area contributed by atoms with Gasteiger partial charge in [-0.1, -0.05) is 23.4 Å². The summed E-state index contributed by atoms with van der Waals surface area (Å²) in [5.41, 5.74) is 0.573. The van der Waals surface area contributed by atoms with Gasteiger partial charge in [0.25, 0.3) is 0 Å². The molecule has 6 nitrogen and oxygen atoms in total. The third-order valence-electron chi connectivity index (χ3n) is 5.31. The number of piperidine rings is 1. The number of fused-ring (bicyclic) bond motifs is 2. The van der Waals surface area contributed by atoms with Crippen molar-refractivity contribution in [1.29, 1.82) is 0 Å². The molecule has 3 heterocycles. The summed E-state index contributed by atoms with van der Waals surface area (Å²) in [6.07, 6.45) is 2.75. The summed E-state index contributed by atoms with van der Waals surface area (Å²) >= 11 is 0. The van der Waals surface area contributed by atoms with Gasteiger partial charge in [0.05, 0.1) is 11.5 Å². The van der Waals surface area contributed by atoms with Crippen molar-refractivity contribution in [2.45, 2.75) is 50.3 Å². The van der Waals surface area contributed by atoms with Gasteiger partial charge in [0.15, 0.2) is 5.82 Å². The van der Waals surface area contributed by atoms with Gasteiger partial charge < -0.3 is 9.26 Å². The van der Waals surface area contributed by atoms with Crippen LogP contribution in [0.15, 0.2) is 34.9 Å². The second-order valence-electron chi connectivity index (χ2n) is 6.72. The van der Waals surface area contributed by atoms with Crippen LogP contribution in [-0.4, -0.2) is 46.2 Å². The minimum absolute atomic E-state index is 0.0670. The van der Waals surface area contributed by atoms with Crippen molar-refractivity contribution in [3.63, 3.8) is 0 Å². The Hall–Kier alpha value is -2.21. The van der Waals surface area contributed by atoms with Gasteiger partial charge in [0, 0.05) is 18.5 Å². The number of carbonyl (C=O) groups is 1. The van der Waals surface area contributed by atoms with E-state index in [0.29, 0.717) is 23.3 Å². The van der Waals surface area contributed by atoms with Gasteiger partial charge in [0.2, 0.25) is 5.89 Å². The van der Waals surface area contributed by atoms with Gasteiger partial charge in [0.1, 0.15) is 6.10 Å². The molecule has 0 amide bonds. The molecule has 0 radical (unpaired) electrons.